The zero-order valence-corrected chi connectivity index (χ0v) is 8.16. The number of aromatic amines is 1. The number of rotatable bonds is 2. The van der Waals surface area contributed by atoms with Crippen molar-refractivity contribution >= 4 is 35.6 Å². The third-order valence-corrected chi connectivity index (χ3v) is 1.88. The lowest BCUT2D eigenvalue weighted by atomic mass is 10.4. The molecule has 0 bridgehead atoms. The van der Waals surface area contributed by atoms with Crippen molar-refractivity contribution in [2.45, 2.75) is 0 Å². The predicted octanol–water partition coefficient (Wildman–Crippen LogP) is 1.53. The quantitative estimate of drug-likeness (QED) is 0.658. The molecule has 0 atom stereocenters. The van der Waals surface area contributed by atoms with Gasteiger partial charge in [-0.15, -0.1) is 0 Å². The van der Waals surface area contributed by atoms with Crippen LogP contribution in [0.2, 0.25) is 5.02 Å². The van der Waals surface area contributed by atoms with Gasteiger partial charge in [0, 0.05) is 7.05 Å². The normalized spacial score (nSPS) is 9.69. The number of anilines is 1. The molecule has 1 rings (SSSR count). The first-order chi connectivity index (χ1) is 6.06. The Labute approximate surface area is 83.8 Å². The molecule has 70 valence electrons. The predicted molar refractivity (Wildman–Crippen MR) is 50.9 cm³/mol. The van der Waals surface area contributed by atoms with E-state index in [-0.39, 0.29) is 21.3 Å². The number of aromatic carboxylic acids is 1. The molecule has 0 aliphatic heterocycles. The summed E-state index contributed by atoms with van der Waals surface area (Å²) >= 11 is 10.4. The topological polar surface area (TPSA) is 78.0 Å². The largest absolute Gasteiger partial charge is 0.477 e. The Bertz CT molecular complexity index is 403. The summed E-state index contributed by atoms with van der Waals surface area (Å²) in [5, 5.41) is 11.3. The van der Waals surface area contributed by atoms with Gasteiger partial charge in [0.1, 0.15) is 16.5 Å². The first-order valence-corrected chi connectivity index (χ1v) is 4.05. The number of carbonyl (C=O) groups is 1. The molecule has 13 heavy (non-hydrogen) atoms. The Morgan fingerprint density at radius 3 is 2.85 bits per heavy atom. The van der Waals surface area contributed by atoms with Gasteiger partial charge >= 0.3 is 5.97 Å². The average molecular weight is 220 g/mol. The van der Waals surface area contributed by atoms with E-state index in [2.05, 4.69) is 15.3 Å². The summed E-state index contributed by atoms with van der Waals surface area (Å²) in [4.78, 5) is 16.8. The minimum atomic E-state index is -1.17. The highest BCUT2D eigenvalue weighted by atomic mass is 35.5. The van der Waals surface area contributed by atoms with Gasteiger partial charge in [-0.2, -0.15) is 0 Å². The Hall–Kier alpha value is -1.14. The molecule has 1 aromatic heterocycles. The minimum Gasteiger partial charge on any atom is -0.477 e. The van der Waals surface area contributed by atoms with Crippen molar-refractivity contribution in [1.29, 1.82) is 0 Å². The molecule has 0 radical (unpaired) electrons. The van der Waals surface area contributed by atoms with Gasteiger partial charge in [-0.25, -0.2) is 9.78 Å². The number of hydrogen-bond acceptors (Lipinski definition) is 4. The number of carboxylic acids is 1. The van der Waals surface area contributed by atoms with Crippen LogP contribution in [0.15, 0.2) is 0 Å². The standard InChI is InChI=1S/C6H6ClN3O2S/c1-8-4-2(7)3(5(11)12)9-6(13)10-4/h1H3,(H,11,12)(H2,8,9,10,13). The Morgan fingerprint density at radius 2 is 2.38 bits per heavy atom. The second kappa shape index (κ2) is 3.71. The van der Waals surface area contributed by atoms with Crippen LogP contribution in [0.1, 0.15) is 10.5 Å². The summed E-state index contributed by atoms with van der Waals surface area (Å²) in [7, 11) is 1.58. The van der Waals surface area contributed by atoms with Crippen molar-refractivity contribution < 1.29 is 9.90 Å². The van der Waals surface area contributed by atoms with Gasteiger partial charge in [0.2, 0.25) is 0 Å². The van der Waals surface area contributed by atoms with E-state index in [0.717, 1.165) is 0 Å². The van der Waals surface area contributed by atoms with Crippen LogP contribution in [-0.4, -0.2) is 28.1 Å². The van der Waals surface area contributed by atoms with Crippen LogP contribution < -0.4 is 5.32 Å². The van der Waals surface area contributed by atoms with E-state index in [9.17, 15) is 4.79 Å². The number of halogens is 1. The van der Waals surface area contributed by atoms with Gasteiger partial charge in [0.05, 0.1) is 0 Å². The van der Waals surface area contributed by atoms with Crippen LogP contribution in [-0.2, 0) is 0 Å². The third kappa shape index (κ3) is 1.96. The highest BCUT2D eigenvalue weighted by Gasteiger charge is 2.13. The fraction of sp³-hybridized carbons (Fsp3) is 0.167. The van der Waals surface area contributed by atoms with Gasteiger partial charge in [-0.05, 0) is 12.2 Å². The number of carboxylic acid groups (broad SMARTS) is 1. The maximum absolute atomic E-state index is 10.6. The van der Waals surface area contributed by atoms with Gasteiger partial charge in [0.15, 0.2) is 4.77 Å². The highest BCUT2D eigenvalue weighted by molar-refractivity contribution is 7.71. The molecule has 1 aromatic rings. The van der Waals surface area contributed by atoms with Gasteiger partial charge in [-0.1, -0.05) is 11.6 Å². The van der Waals surface area contributed by atoms with Gasteiger partial charge in [0.25, 0.3) is 0 Å². The van der Waals surface area contributed by atoms with Gasteiger partial charge < -0.3 is 15.4 Å². The van der Waals surface area contributed by atoms with Crippen molar-refractivity contribution in [1.82, 2.24) is 9.97 Å². The second-order valence-electron chi connectivity index (χ2n) is 2.13. The maximum Gasteiger partial charge on any atom is 0.354 e. The second-order valence-corrected chi connectivity index (χ2v) is 2.90. The maximum atomic E-state index is 10.6. The molecule has 7 heteroatoms. The third-order valence-electron chi connectivity index (χ3n) is 1.32. The lowest BCUT2D eigenvalue weighted by molar-refractivity contribution is 0.0690. The van der Waals surface area contributed by atoms with Crippen LogP contribution in [0.4, 0.5) is 5.82 Å². The van der Waals surface area contributed by atoms with Crippen LogP contribution >= 0.6 is 23.8 Å². The number of aromatic nitrogens is 2. The molecule has 5 nitrogen and oxygen atoms in total. The summed E-state index contributed by atoms with van der Waals surface area (Å²) < 4.78 is 0.0751. The lowest BCUT2D eigenvalue weighted by Gasteiger charge is -2.04. The van der Waals surface area contributed by atoms with Crippen molar-refractivity contribution in [2.75, 3.05) is 12.4 Å². The first-order valence-electron chi connectivity index (χ1n) is 3.27. The Balaban J connectivity index is 3.44. The van der Waals surface area contributed by atoms with Crippen LogP contribution in [0.5, 0.6) is 0 Å². The van der Waals surface area contributed by atoms with E-state index in [4.69, 9.17) is 28.9 Å². The number of nitrogens with one attached hydrogen (secondary N) is 2. The molecule has 0 spiro atoms. The average Bonchev–Trinajstić information content (AvgIpc) is 2.08. The fourth-order valence-corrected chi connectivity index (χ4v) is 1.23. The van der Waals surface area contributed by atoms with E-state index in [1.165, 1.54) is 0 Å². The zero-order chi connectivity index (χ0) is 10.0. The molecule has 0 unspecified atom stereocenters. The minimum absolute atomic E-state index is 0.0172. The monoisotopic (exact) mass is 219 g/mol. The first kappa shape index (κ1) is 9.94. The summed E-state index contributed by atoms with van der Waals surface area (Å²) in [5.74, 6) is -0.919. The number of H-pyrrole nitrogens is 1. The van der Waals surface area contributed by atoms with E-state index in [1.54, 1.807) is 7.05 Å². The molecular weight excluding hydrogens is 214 g/mol. The van der Waals surface area contributed by atoms with E-state index < -0.39 is 5.97 Å². The molecule has 0 amide bonds. The molecule has 0 saturated carbocycles. The molecule has 0 saturated heterocycles. The van der Waals surface area contributed by atoms with Crippen LogP contribution in [0, 0.1) is 4.77 Å². The molecule has 0 aliphatic rings. The van der Waals surface area contributed by atoms with E-state index in [0.29, 0.717) is 0 Å². The van der Waals surface area contributed by atoms with E-state index >= 15 is 0 Å². The molecular formula is C6H6ClN3O2S. The Morgan fingerprint density at radius 1 is 1.77 bits per heavy atom. The summed E-state index contributed by atoms with van der Waals surface area (Å²) in [6.45, 7) is 0. The van der Waals surface area contributed by atoms with E-state index in [1.807, 2.05) is 0 Å². The SMILES string of the molecule is CNc1nc(=S)[nH]c(C(=O)O)c1Cl. The number of hydrogen-bond donors (Lipinski definition) is 3. The van der Waals surface area contributed by atoms with Crippen molar-refractivity contribution in [3.63, 3.8) is 0 Å². The summed E-state index contributed by atoms with van der Waals surface area (Å²) in [6, 6.07) is 0. The van der Waals surface area contributed by atoms with Crippen molar-refractivity contribution in [3.05, 3.63) is 15.5 Å². The fourth-order valence-electron chi connectivity index (χ4n) is 0.772. The molecule has 0 aliphatic carbocycles. The van der Waals surface area contributed by atoms with Crippen LogP contribution in [0.3, 0.4) is 0 Å². The molecule has 0 aromatic carbocycles. The lowest BCUT2D eigenvalue weighted by Crippen LogP contribution is -2.06. The van der Waals surface area contributed by atoms with Crippen molar-refractivity contribution in [2.24, 2.45) is 0 Å². The van der Waals surface area contributed by atoms with Crippen molar-refractivity contribution in [3.8, 4) is 0 Å². The Kier molecular flexibility index (Phi) is 2.84. The molecule has 0 fully saturated rings. The number of nitrogens with zero attached hydrogens (tertiary/aromatic N) is 1. The zero-order valence-electron chi connectivity index (χ0n) is 6.59. The smallest absolute Gasteiger partial charge is 0.354 e. The highest BCUT2D eigenvalue weighted by Crippen LogP contribution is 2.21. The van der Waals surface area contributed by atoms with Crippen LogP contribution in [0.25, 0.3) is 0 Å². The molecule has 3 N–H and O–H groups in total. The summed E-state index contributed by atoms with van der Waals surface area (Å²) in [5.41, 5.74) is -0.161. The van der Waals surface area contributed by atoms with Gasteiger partial charge in [-0.3, -0.25) is 0 Å². The summed E-state index contributed by atoms with van der Waals surface area (Å²) in [6.07, 6.45) is 0. The molecule has 1 heterocycles.